The molecule has 0 spiro atoms. The number of anilines is 1. The molecule has 0 aliphatic carbocycles. The third-order valence-electron chi connectivity index (χ3n) is 5.90. The van der Waals surface area contributed by atoms with E-state index in [2.05, 4.69) is 9.97 Å². The van der Waals surface area contributed by atoms with Gasteiger partial charge in [-0.3, -0.25) is 0 Å². The van der Waals surface area contributed by atoms with E-state index in [0.717, 1.165) is 16.7 Å². The van der Waals surface area contributed by atoms with E-state index in [0.29, 0.717) is 11.3 Å². The minimum absolute atomic E-state index is 0.154. The molecule has 2 amide bonds. The topological polar surface area (TPSA) is 114 Å². The number of fused-ring (bicyclic) bond motifs is 2. The summed E-state index contributed by atoms with van der Waals surface area (Å²) >= 11 is 0. The highest BCUT2D eigenvalue weighted by molar-refractivity contribution is 6.08. The van der Waals surface area contributed by atoms with Crippen molar-refractivity contribution in [3.63, 3.8) is 0 Å². The number of hydrogen-bond donors (Lipinski definition) is 0. The second kappa shape index (κ2) is 9.21. The Morgan fingerprint density at radius 2 is 1.59 bits per heavy atom. The maximum Gasteiger partial charge on any atom is 0.427 e. The Hall–Kier alpha value is -2.76. The predicted molar refractivity (Wildman–Crippen MR) is 135 cm³/mol. The molecule has 0 bridgehead atoms. The lowest BCUT2D eigenvalue weighted by atomic mass is 10.1. The Balaban J connectivity index is 1.79. The van der Waals surface area contributed by atoms with Crippen molar-refractivity contribution in [1.29, 1.82) is 0 Å². The van der Waals surface area contributed by atoms with E-state index in [-0.39, 0.29) is 24.3 Å². The predicted octanol–water partition coefficient (Wildman–Crippen LogP) is 5.24. The maximum absolute atomic E-state index is 13.2. The highest BCUT2D eigenvalue weighted by Crippen LogP contribution is 2.44. The Bertz CT molecular complexity index is 1170. The zero-order valence-corrected chi connectivity index (χ0v) is 23.3. The quantitative estimate of drug-likeness (QED) is 0.538. The molecule has 0 radical (unpaired) electrons. The van der Waals surface area contributed by atoms with Crippen LogP contribution in [0.1, 0.15) is 80.7 Å². The van der Waals surface area contributed by atoms with E-state index in [1.54, 1.807) is 48.5 Å². The second-order valence-electron chi connectivity index (χ2n) is 11.9. The molecule has 2 aromatic rings. The average Bonchev–Trinajstić information content (AvgIpc) is 3.36. The van der Waals surface area contributed by atoms with Gasteiger partial charge in [-0.25, -0.2) is 14.6 Å². The van der Waals surface area contributed by atoms with Gasteiger partial charge in [-0.15, -0.1) is 4.90 Å². The number of ether oxygens (including phenoxy) is 5. The second-order valence-corrected chi connectivity index (χ2v) is 11.9. The van der Waals surface area contributed by atoms with Crippen molar-refractivity contribution in [2.24, 2.45) is 0 Å². The molecule has 2 aromatic heterocycles. The zero-order chi connectivity index (χ0) is 27.5. The lowest BCUT2D eigenvalue weighted by Gasteiger charge is -2.28. The van der Waals surface area contributed by atoms with E-state index in [1.807, 2.05) is 37.6 Å². The molecule has 0 aromatic carbocycles. The SMILES string of the molecule is CC[C@H]1O[C@@H](n2ccc3c(C)nc(N(C(=O)OC(C)(C)C)C(=O)OC(C)(C)C)nc32)[C@@H]2OC(C)(C)O[C@@H]21. The highest BCUT2D eigenvalue weighted by Gasteiger charge is 2.55. The molecule has 11 nitrogen and oxygen atoms in total. The van der Waals surface area contributed by atoms with Crippen LogP contribution < -0.4 is 4.90 Å². The van der Waals surface area contributed by atoms with Gasteiger partial charge >= 0.3 is 12.2 Å². The van der Waals surface area contributed by atoms with Crippen molar-refractivity contribution < 1.29 is 33.3 Å². The van der Waals surface area contributed by atoms with Gasteiger partial charge in [-0.2, -0.15) is 4.98 Å². The lowest BCUT2D eigenvalue weighted by Crippen LogP contribution is -2.44. The molecule has 0 N–H and O–H groups in total. The van der Waals surface area contributed by atoms with Gasteiger partial charge in [0.05, 0.1) is 11.8 Å². The first-order valence-corrected chi connectivity index (χ1v) is 12.6. The summed E-state index contributed by atoms with van der Waals surface area (Å²) < 4.78 is 31.5. The summed E-state index contributed by atoms with van der Waals surface area (Å²) in [6, 6.07) is 1.87. The number of rotatable bonds is 3. The first kappa shape index (κ1) is 27.3. The molecule has 2 aliphatic rings. The highest BCUT2D eigenvalue weighted by atomic mass is 16.8. The first-order valence-electron chi connectivity index (χ1n) is 12.6. The lowest BCUT2D eigenvalue weighted by molar-refractivity contribution is -0.196. The van der Waals surface area contributed by atoms with Crippen molar-refractivity contribution in [2.45, 2.75) is 117 Å². The Labute approximate surface area is 217 Å². The van der Waals surface area contributed by atoms with Gasteiger partial charge in [0.1, 0.15) is 29.1 Å². The number of aryl methyl sites for hydroxylation is 1. The number of hydrogen-bond acceptors (Lipinski definition) is 9. The largest absolute Gasteiger partial charge is 0.443 e. The standard InChI is InChI=1S/C26H38N4O7/c1-11-16-17-18(35-26(9,10)34-17)20(33-16)29-13-12-15-14(2)27-21(28-19(15)29)30(22(31)36-24(3,4)5)23(32)37-25(6,7)8/h12-13,16-18,20H,11H2,1-10H3/t16-,17-,18-,20-/m1/s1. The van der Waals surface area contributed by atoms with E-state index >= 15 is 0 Å². The number of carbonyl (C=O) groups excluding carboxylic acids is 2. The molecule has 37 heavy (non-hydrogen) atoms. The molecule has 204 valence electrons. The number of amides is 2. The minimum Gasteiger partial charge on any atom is -0.443 e. The number of aromatic nitrogens is 3. The summed E-state index contributed by atoms with van der Waals surface area (Å²) in [5, 5.41) is 0.746. The van der Waals surface area contributed by atoms with Crippen LogP contribution in [0.4, 0.5) is 15.5 Å². The molecule has 4 rings (SSSR count). The van der Waals surface area contributed by atoms with Crippen LogP contribution in [0.3, 0.4) is 0 Å². The molecule has 2 fully saturated rings. The fourth-order valence-electron chi connectivity index (χ4n) is 4.54. The monoisotopic (exact) mass is 518 g/mol. The van der Waals surface area contributed by atoms with Crippen LogP contribution in [0.5, 0.6) is 0 Å². The molecular formula is C26H38N4O7. The summed E-state index contributed by atoms with van der Waals surface area (Å²) in [5.41, 5.74) is -0.661. The summed E-state index contributed by atoms with van der Waals surface area (Å²) in [6.45, 7) is 17.8. The smallest absolute Gasteiger partial charge is 0.427 e. The van der Waals surface area contributed by atoms with Gasteiger partial charge < -0.3 is 28.3 Å². The van der Waals surface area contributed by atoms with Crippen LogP contribution >= 0.6 is 0 Å². The number of nitrogens with zero attached hydrogens (tertiary/aromatic N) is 4. The molecule has 4 heterocycles. The van der Waals surface area contributed by atoms with Gasteiger partial charge in [-0.05, 0) is 74.8 Å². The van der Waals surface area contributed by atoms with Crippen molar-refractivity contribution in [3.05, 3.63) is 18.0 Å². The minimum atomic E-state index is -0.934. The van der Waals surface area contributed by atoms with Crippen LogP contribution in [0.2, 0.25) is 0 Å². The summed E-state index contributed by atoms with van der Waals surface area (Å²) in [4.78, 5) is 36.2. The molecule has 2 aliphatic heterocycles. The molecule has 0 unspecified atom stereocenters. The van der Waals surface area contributed by atoms with E-state index < -0.39 is 35.4 Å². The Morgan fingerprint density at radius 1 is 1.03 bits per heavy atom. The van der Waals surface area contributed by atoms with E-state index in [4.69, 9.17) is 23.7 Å². The van der Waals surface area contributed by atoms with Gasteiger partial charge in [0.15, 0.2) is 12.0 Å². The first-order chi connectivity index (χ1) is 17.0. The molecular weight excluding hydrogens is 480 g/mol. The fraction of sp³-hybridized carbons (Fsp3) is 0.692. The molecule has 2 saturated heterocycles. The Kier molecular flexibility index (Phi) is 6.79. The van der Waals surface area contributed by atoms with Crippen LogP contribution in [0.25, 0.3) is 11.0 Å². The van der Waals surface area contributed by atoms with Crippen molar-refractivity contribution in [3.8, 4) is 0 Å². The zero-order valence-electron chi connectivity index (χ0n) is 23.3. The van der Waals surface area contributed by atoms with Gasteiger partial charge in [-0.1, -0.05) is 6.92 Å². The van der Waals surface area contributed by atoms with Gasteiger partial charge in [0.25, 0.3) is 0 Å². The third kappa shape index (κ3) is 5.58. The molecule has 4 atom stereocenters. The van der Waals surface area contributed by atoms with Crippen molar-refractivity contribution in [1.82, 2.24) is 14.5 Å². The van der Waals surface area contributed by atoms with Crippen LogP contribution in [0.15, 0.2) is 12.3 Å². The molecule has 0 saturated carbocycles. The van der Waals surface area contributed by atoms with Gasteiger partial charge in [0.2, 0.25) is 5.95 Å². The summed E-state index contributed by atoms with van der Waals surface area (Å²) in [6.07, 6.45) is -0.542. The summed E-state index contributed by atoms with van der Waals surface area (Å²) in [7, 11) is 0. The van der Waals surface area contributed by atoms with Crippen LogP contribution in [-0.2, 0) is 23.7 Å². The van der Waals surface area contributed by atoms with Crippen molar-refractivity contribution in [2.75, 3.05) is 4.90 Å². The van der Waals surface area contributed by atoms with E-state index in [9.17, 15) is 9.59 Å². The van der Waals surface area contributed by atoms with Gasteiger partial charge in [0, 0.05) is 11.6 Å². The average molecular weight is 519 g/mol. The number of carbonyl (C=O) groups is 2. The van der Waals surface area contributed by atoms with Crippen molar-refractivity contribution >= 4 is 29.2 Å². The fourth-order valence-corrected chi connectivity index (χ4v) is 4.54. The Morgan fingerprint density at radius 3 is 2.14 bits per heavy atom. The number of imide groups is 1. The maximum atomic E-state index is 13.2. The summed E-state index contributed by atoms with van der Waals surface area (Å²) in [5.74, 6) is -0.896. The van der Waals surface area contributed by atoms with Crippen LogP contribution in [-0.4, -0.2) is 62.0 Å². The molecule has 11 heteroatoms. The van der Waals surface area contributed by atoms with Crippen LogP contribution in [0, 0.1) is 6.92 Å². The van der Waals surface area contributed by atoms with E-state index in [1.165, 1.54) is 0 Å². The normalized spacial score (nSPS) is 25.2. The third-order valence-corrected chi connectivity index (χ3v) is 5.90.